The number of nitrogens with one attached hydrogen (secondary N) is 1. The van der Waals surface area contributed by atoms with E-state index in [1.54, 1.807) is 0 Å². The van der Waals surface area contributed by atoms with Crippen molar-refractivity contribution in [1.29, 1.82) is 0 Å². The minimum absolute atomic E-state index is 0.0519. The van der Waals surface area contributed by atoms with Crippen LogP contribution < -0.4 is 14.8 Å². The van der Waals surface area contributed by atoms with Gasteiger partial charge in [-0.2, -0.15) is 0 Å². The van der Waals surface area contributed by atoms with Gasteiger partial charge in [0.05, 0.1) is 0 Å². The Hall–Kier alpha value is -2.56. The molecule has 0 amide bonds. The van der Waals surface area contributed by atoms with E-state index < -0.39 is 0 Å². The molecule has 0 aliphatic carbocycles. The number of carbonyl (C=O) groups is 2. The lowest BCUT2D eigenvalue weighted by Crippen LogP contribution is -2.29. The minimum Gasteiger partial charge on any atom is -0.454 e. The largest absolute Gasteiger partial charge is 0.454 e. The number of carbonyl (C=O) groups excluding carboxylic acids is 2. The van der Waals surface area contributed by atoms with E-state index >= 15 is 0 Å². The molecule has 5 nitrogen and oxygen atoms in total. The van der Waals surface area contributed by atoms with Crippen molar-refractivity contribution in [2.75, 3.05) is 6.79 Å². The molecule has 0 fully saturated rings. The van der Waals surface area contributed by atoms with Crippen LogP contribution in [0.2, 0.25) is 0 Å². The summed E-state index contributed by atoms with van der Waals surface area (Å²) in [7, 11) is 0. The van der Waals surface area contributed by atoms with Crippen LogP contribution in [0.5, 0.6) is 11.5 Å². The van der Waals surface area contributed by atoms with Gasteiger partial charge in [-0.05, 0) is 45.4 Å². The number of Topliss-reactive ketones (excluding diaryl/α,β-unsaturated/α-hetero) is 2. The fourth-order valence-corrected chi connectivity index (χ4v) is 3.35. The maximum atomic E-state index is 12.2. The highest BCUT2D eigenvalue weighted by Crippen LogP contribution is 2.42. The summed E-state index contributed by atoms with van der Waals surface area (Å²) in [5, 5.41) is 3.16. The third-order valence-electron chi connectivity index (χ3n) is 4.25. The molecule has 23 heavy (non-hydrogen) atoms. The molecule has 1 aromatic carbocycles. The molecule has 1 aromatic rings. The van der Waals surface area contributed by atoms with Crippen molar-refractivity contribution in [3.63, 3.8) is 0 Å². The molecule has 120 valence electrons. The van der Waals surface area contributed by atoms with E-state index in [2.05, 4.69) is 5.32 Å². The van der Waals surface area contributed by atoms with Gasteiger partial charge in [-0.3, -0.25) is 9.59 Å². The summed E-state index contributed by atoms with van der Waals surface area (Å²) in [6, 6.07) is 5.56. The van der Waals surface area contributed by atoms with E-state index in [-0.39, 0.29) is 24.3 Å². The third kappa shape index (κ3) is 2.52. The van der Waals surface area contributed by atoms with Gasteiger partial charge in [0, 0.05) is 28.5 Å². The molecular formula is C18H19NO4. The highest BCUT2D eigenvalue weighted by Gasteiger charge is 2.34. The smallest absolute Gasteiger partial charge is 0.231 e. The Kier molecular flexibility index (Phi) is 3.72. The number of benzene rings is 1. The minimum atomic E-state index is -0.388. The van der Waals surface area contributed by atoms with Gasteiger partial charge in [0.1, 0.15) is 0 Å². The standard InChI is InChI=1S/C18H19NO4/c1-9-16(11(3)20)18(17(12(4)21)10(2)19-9)13-5-6-14-15(7-13)23-8-22-14/h5-7,18-19H,8H2,1-4H3. The Labute approximate surface area is 135 Å². The van der Waals surface area contributed by atoms with Crippen LogP contribution in [0.25, 0.3) is 0 Å². The fraction of sp³-hybridized carbons (Fsp3) is 0.333. The summed E-state index contributed by atoms with van der Waals surface area (Å²) in [5.41, 5.74) is 3.63. The lowest BCUT2D eigenvalue weighted by atomic mass is 9.77. The van der Waals surface area contributed by atoms with E-state index in [1.165, 1.54) is 13.8 Å². The summed E-state index contributed by atoms with van der Waals surface area (Å²) >= 11 is 0. The molecule has 0 saturated carbocycles. The maximum Gasteiger partial charge on any atom is 0.231 e. The van der Waals surface area contributed by atoms with Crippen molar-refractivity contribution < 1.29 is 19.1 Å². The van der Waals surface area contributed by atoms with Crippen LogP contribution in [0.15, 0.2) is 40.7 Å². The van der Waals surface area contributed by atoms with E-state index in [4.69, 9.17) is 9.47 Å². The molecule has 3 rings (SSSR count). The third-order valence-corrected chi connectivity index (χ3v) is 4.25. The molecular weight excluding hydrogens is 294 g/mol. The Morgan fingerprint density at radius 2 is 1.57 bits per heavy atom. The highest BCUT2D eigenvalue weighted by atomic mass is 16.7. The van der Waals surface area contributed by atoms with Crippen molar-refractivity contribution >= 4 is 11.6 Å². The van der Waals surface area contributed by atoms with Crippen molar-refractivity contribution in [3.8, 4) is 11.5 Å². The number of dihydropyridines is 1. The molecule has 0 spiro atoms. The maximum absolute atomic E-state index is 12.2. The Morgan fingerprint density at radius 1 is 1.00 bits per heavy atom. The van der Waals surface area contributed by atoms with Crippen LogP contribution in [-0.2, 0) is 9.59 Å². The zero-order valence-corrected chi connectivity index (χ0v) is 13.6. The number of ketones is 2. The Balaban J connectivity index is 2.19. The second-order valence-electron chi connectivity index (χ2n) is 5.86. The molecule has 0 unspecified atom stereocenters. The average Bonchev–Trinajstić information content (AvgIpc) is 2.92. The first kappa shape index (κ1) is 15.3. The zero-order valence-electron chi connectivity index (χ0n) is 13.6. The molecule has 2 heterocycles. The van der Waals surface area contributed by atoms with Gasteiger partial charge in [-0.1, -0.05) is 6.07 Å². The number of fused-ring (bicyclic) bond motifs is 1. The first-order valence-electron chi connectivity index (χ1n) is 7.50. The topological polar surface area (TPSA) is 64.6 Å². The molecule has 0 bridgehead atoms. The van der Waals surface area contributed by atoms with Crippen LogP contribution in [0.3, 0.4) is 0 Å². The van der Waals surface area contributed by atoms with Crippen LogP contribution in [-0.4, -0.2) is 18.4 Å². The first-order valence-corrected chi connectivity index (χ1v) is 7.50. The second kappa shape index (κ2) is 5.57. The van der Waals surface area contributed by atoms with E-state index in [0.717, 1.165) is 17.0 Å². The van der Waals surface area contributed by atoms with Gasteiger partial charge >= 0.3 is 0 Å². The zero-order chi connectivity index (χ0) is 16.7. The number of rotatable bonds is 3. The number of ether oxygens (including phenoxy) is 2. The molecule has 0 saturated heterocycles. The molecule has 0 radical (unpaired) electrons. The number of allylic oxidation sites excluding steroid dienone is 4. The average molecular weight is 313 g/mol. The summed E-state index contributed by atoms with van der Waals surface area (Å²) in [5.74, 6) is 0.827. The lowest BCUT2D eigenvalue weighted by molar-refractivity contribution is -0.114. The van der Waals surface area contributed by atoms with Crippen molar-refractivity contribution in [2.45, 2.75) is 33.6 Å². The summed E-state index contributed by atoms with van der Waals surface area (Å²) in [6.45, 7) is 6.96. The van der Waals surface area contributed by atoms with Gasteiger partial charge in [0.2, 0.25) is 6.79 Å². The van der Waals surface area contributed by atoms with Crippen molar-refractivity contribution in [3.05, 3.63) is 46.3 Å². The summed E-state index contributed by atoms with van der Waals surface area (Å²) in [4.78, 5) is 24.4. The van der Waals surface area contributed by atoms with Crippen LogP contribution in [0.1, 0.15) is 39.2 Å². The Bertz CT molecular complexity index is 737. The van der Waals surface area contributed by atoms with Crippen LogP contribution >= 0.6 is 0 Å². The van der Waals surface area contributed by atoms with E-state index in [0.29, 0.717) is 22.6 Å². The first-order chi connectivity index (χ1) is 10.9. The number of hydrogen-bond acceptors (Lipinski definition) is 5. The van der Waals surface area contributed by atoms with Crippen molar-refractivity contribution in [2.24, 2.45) is 0 Å². The van der Waals surface area contributed by atoms with Gasteiger partial charge in [0.15, 0.2) is 23.1 Å². The molecule has 0 aromatic heterocycles. The van der Waals surface area contributed by atoms with Gasteiger partial charge < -0.3 is 14.8 Å². The Morgan fingerprint density at radius 3 is 2.13 bits per heavy atom. The highest BCUT2D eigenvalue weighted by molar-refractivity contribution is 6.03. The lowest BCUT2D eigenvalue weighted by Gasteiger charge is -2.30. The van der Waals surface area contributed by atoms with Gasteiger partial charge in [-0.25, -0.2) is 0 Å². The molecule has 0 atom stereocenters. The quantitative estimate of drug-likeness (QED) is 0.929. The summed E-state index contributed by atoms with van der Waals surface area (Å²) in [6.07, 6.45) is 0. The SMILES string of the molecule is CC(=O)C1=C(C)NC(C)=C(C(C)=O)C1c1ccc2c(c1)OCO2. The van der Waals surface area contributed by atoms with Crippen LogP contribution in [0.4, 0.5) is 0 Å². The van der Waals surface area contributed by atoms with Gasteiger partial charge in [-0.15, -0.1) is 0 Å². The molecule has 5 heteroatoms. The molecule has 2 aliphatic heterocycles. The van der Waals surface area contributed by atoms with Crippen LogP contribution in [0, 0.1) is 0 Å². The van der Waals surface area contributed by atoms with E-state index in [9.17, 15) is 9.59 Å². The second-order valence-corrected chi connectivity index (χ2v) is 5.86. The van der Waals surface area contributed by atoms with E-state index in [1.807, 2.05) is 32.0 Å². The predicted molar refractivity (Wildman–Crippen MR) is 85.2 cm³/mol. The predicted octanol–water partition coefficient (Wildman–Crippen LogP) is 2.83. The summed E-state index contributed by atoms with van der Waals surface area (Å²) < 4.78 is 10.8. The monoisotopic (exact) mass is 313 g/mol. The normalized spacial score (nSPS) is 17.4. The number of hydrogen-bond donors (Lipinski definition) is 1. The van der Waals surface area contributed by atoms with Gasteiger partial charge in [0.25, 0.3) is 0 Å². The van der Waals surface area contributed by atoms with Crippen molar-refractivity contribution in [1.82, 2.24) is 5.32 Å². The molecule has 1 N–H and O–H groups in total. The fourth-order valence-electron chi connectivity index (χ4n) is 3.35. The molecule has 2 aliphatic rings.